The zero-order valence-electron chi connectivity index (χ0n) is 16.4. The fourth-order valence-electron chi connectivity index (χ4n) is 4.36. The van der Waals surface area contributed by atoms with Crippen LogP contribution in [0.4, 0.5) is 0 Å². The molecular weight excluding hydrogens is 340 g/mol. The van der Waals surface area contributed by atoms with Crippen LogP contribution >= 0.6 is 0 Å². The molecule has 1 fully saturated rings. The highest BCUT2D eigenvalue weighted by Gasteiger charge is 2.31. The molecule has 1 N–H and O–H groups in total. The van der Waals surface area contributed by atoms with E-state index in [0.717, 1.165) is 75.4 Å². The maximum atomic E-state index is 13.2. The topological polar surface area (TPSA) is 70.1 Å². The van der Waals surface area contributed by atoms with E-state index >= 15 is 0 Å². The lowest BCUT2D eigenvalue weighted by atomic mass is 9.94. The fraction of sp³-hybridized carbons (Fsp3) is 0.650. The van der Waals surface area contributed by atoms with Gasteiger partial charge in [0, 0.05) is 55.7 Å². The first kappa shape index (κ1) is 18.2. The molecule has 2 aromatic rings. The molecule has 4 rings (SSSR count). The summed E-state index contributed by atoms with van der Waals surface area (Å²) in [4.78, 5) is 22.0. The molecule has 7 heteroatoms. The summed E-state index contributed by atoms with van der Waals surface area (Å²) in [5.41, 5.74) is 2.97. The van der Waals surface area contributed by atoms with Crippen molar-refractivity contribution < 1.29 is 4.79 Å². The number of aromatic nitrogens is 4. The van der Waals surface area contributed by atoms with E-state index in [0.29, 0.717) is 11.6 Å². The molecule has 1 aliphatic heterocycles. The van der Waals surface area contributed by atoms with Crippen LogP contribution in [0, 0.1) is 0 Å². The van der Waals surface area contributed by atoms with E-state index in [4.69, 9.17) is 0 Å². The number of carbonyl (C=O) groups is 1. The lowest BCUT2D eigenvalue weighted by Gasteiger charge is -2.32. The fourth-order valence-corrected chi connectivity index (χ4v) is 4.36. The molecule has 1 aliphatic carbocycles. The second-order valence-corrected chi connectivity index (χ2v) is 8.11. The van der Waals surface area contributed by atoms with Gasteiger partial charge in [0.05, 0.1) is 0 Å². The summed E-state index contributed by atoms with van der Waals surface area (Å²) in [6.45, 7) is 3.46. The molecule has 2 aliphatic rings. The summed E-state index contributed by atoms with van der Waals surface area (Å²) in [6, 6.07) is 0. The third-order valence-electron chi connectivity index (χ3n) is 5.87. The van der Waals surface area contributed by atoms with Gasteiger partial charge in [-0.15, -0.1) is 0 Å². The number of aromatic amines is 1. The Hall–Kier alpha value is -2.15. The van der Waals surface area contributed by atoms with E-state index < -0.39 is 0 Å². The van der Waals surface area contributed by atoms with E-state index in [9.17, 15) is 4.79 Å². The van der Waals surface area contributed by atoms with Crippen molar-refractivity contribution in [3.63, 3.8) is 0 Å². The maximum Gasteiger partial charge on any atom is 0.274 e. The van der Waals surface area contributed by atoms with Crippen molar-refractivity contribution in [3.05, 3.63) is 35.2 Å². The number of imidazole rings is 1. The number of fused-ring (bicyclic) bond motifs is 1. The van der Waals surface area contributed by atoms with Gasteiger partial charge in [-0.3, -0.25) is 9.89 Å². The summed E-state index contributed by atoms with van der Waals surface area (Å²) in [5, 5.41) is 7.49. The summed E-state index contributed by atoms with van der Waals surface area (Å²) < 4.78 is 2.25. The van der Waals surface area contributed by atoms with Crippen LogP contribution in [0.15, 0.2) is 12.4 Å². The van der Waals surface area contributed by atoms with E-state index in [-0.39, 0.29) is 5.91 Å². The molecule has 1 atom stereocenters. The predicted octanol–water partition coefficient (Wildman–Crippen LogP) is 2.07. The Morgan fingerprint density at radius 1 is 1.30 bits per heavy atom. The van der Waals surface area contributed by atoms with E-state index in [1.165, 1.54) is 6.42 Å². The summed E-state index contributed by atoms with van der Waals surface area (Å²) >= 11 is 0. The molecule has 2 aromatic heterocycles. The van der Waals surface area contributed by atoms with Crippen LogP contribution in [-0.2, 0) is 19.4 Å². The van der Waals surface area contributed by atoms with Gasteiger partial charge in [0.2, 0.25) is 0 Å². The van der Waals surface area contributed by atoms with E-state index in [1.807, 2.05) is 11.1 Å². The Morgan fingerprint density at radius 3 is 3.00 bits per heavy atom. The summed E-state index contributed by atoms with van der Waals surface area (Å²) in [5.74, 6) is 1.50. The average Bonchev–Trinajstić information content (AvgIpc) is 3.33. The standard InChI is InChI=1S/C20H30N6O/c1-24(2)12-13-25-11-9-21-19(25)15-6-5-10-26(14-15)20(27)18-16-7-3-4-8-17(16)22-23-18/h9,11,15H,3-8,10,12-14H2,1-2H3,(H,22,23)/t15-/m1/s1. The van der Waals surface area contributed by atoms with E-state index in [2.05, 4.69) is 44.9 Å². The first-order valence-corrected chi connectivity index (χ1v) is 10.1. The van der Waals surface area contributed by atoms with Crippen LogP contribution in [-0.4, -0.2) is 69.2 Å². The number of likely N-dealkylation sites (N-methyl/N-ethyl adjacent to an activating group) is 1. The molecule has 0 aromatic carbocycles. The first-order valence-electron chi connectivity index (χ1n) is 10.1. The summed E-state index contributed by atoms with van der Waals surface area (Å²) in [6.07, 6.45) is 10.4. The molecule has 0 saturated carbocycles. The highest BCUT2D eigenvalue weighted by Crippen LogP contribution is 2.28. The van der Waals surface area contributed by atoms with Crippen LogP contribution in [0.2, 0.25) is 0 Å². The minimum Gasteiger partial charge on any atom is -0.337 e. The highest BCUT2D eigenvalue weighted by molar-refractivity contribution is 5.94. The maximum absolute atomic E-state index is 13.2. The monoisotopic (exact) mass is 370 g/mol. The quantitative estimate of drug-likeness (QED) is 0.875. The highest BCUT2D eigenvalue weighted by atomic mass is 16.2. The van der Waals surface area contributed by atoms with Gasteiger partial charge in [-0.05, 0) is 52.6 Å². The summed E-state index contributed by atoms with van der Waals surface area (Å²) in [7, 11) is 4.17. The first-order chi connectivity index (χ1) is 13.1. The molecule has 1 amide bonds. The Labute approximate surface area is 160 Å². The van der Waals surface area contributed by atoms with Crippen LogP contribution in [0.1, 0.15) is 59.2 Å². The molecule has 0 bridgehead atoms. The zero-order chi connectivity index (χ0) is 18.8. The molecule has 0 spiro atoms. The Bertz CT molecular complexity index is 792. The van der Waals surface area contributed by atoms with Crippen molar-refractivity contribution in [3.8, 4) is 0 Å². The third-order valence-corrected chi connectivity index (χ3v) is 5.87. The number of amides is 1. The van der Waals surface area contributed by atoms with Crippen molar-refractivity contribution >= 4 is 5.91 Å². The Morgan fingerprint density at radius 2 is 2.15 bits per heavy atom. The van der Waals surface area contributed by atoms with Crippen LogP contribution in [0.5, 0.6) is 0 Å². The Kier molecular flexibility index (Phi) is 5.29. The third kappa shape index (κ3) is 3.78. The minimum absolute atomic E-state index is 0.0884. The van der Waals surface area contributed by atoms with Gasteiger partial charge in [0.1, 0.15) is 5.82 Å². The normalized spacial score (nSPS) is 20.1. The predicted molar refractivity (Wildman–Crippen MR) is 104 cm³/mol. The van der Waals surface area contributed by atoms with Crippen molar-refractivity contribution in [1.82, 2.24) is 29.5 Å². The molecule has 0 radical (unpaired) electrons. The lowest BCUT2D eigenvalue weighted by Crippen LogP contribution is -2.40. The molecule has 0 unspecified atom stereocenters. The number of nitrogens with zero attached hydrogens (tertiary/aromatic N) is 5. The molecule has 146 valence electrons. The number of rotatable bonds is 5. The van der Waals surface area contributed by atoms with Gasteiger partial charge in [-0.25, -0.2) is 4.98 Å². The number of likely N-dealkylation sites (tertiary alicyclic amines) is 1. The van der Waals surface area contributed by atoms with Crippen molar-refractivity contribution in [2.45, 2.75) is 51.0 Å². The van der Waals surface area contributed by atoms with Crippen LogP contribution in [0.3, 0.4) is 0 Å². The number of hydrogen-bond acceptors (Lipinski definition) is 4. The van der Waals surface area contributed by atoms with Gasteiger partial charge in [0.25, 0.3) is 5.91 Å². The number of aryl methyl sites for hydroxylation is 1. The van der Waals surface area contributed by atoms with Gasteiger partial charge in [-0.1, -0.05) is 0 Å². The second kappa shape index (κ2) is 7.84. The van der Waals surface area contributed by atoms with Gasteiger partial charge in [0.15, 0.2) is 5.69 Å². The smallest absolute Gasteiger partial charge is 0.274 e. The SMILES string of the molecule is CN(C)CCn1ccnc1[C@@H]1CCCN(C(=O)c2n[nH]c3c2CCCC3)C1. The number of hydrogen-bond donors (Lipinski definition) is 1. The second-order valence-electron chi connectivity index (χ2n) is 8.11. The largest absolute Gasteiger partial charge is 0.337 e. The van der Waals surface area contributed by atoms with Crippen molar-refractivity contribution in [2.75, 3.05) is 33.7 Å². The van der Waals surface area contributed by atoms with E-state index in [1.54, 1.807) is 0 Å². The molecule has 7 nitrogen and oxygen atoms in total. The number of nitrogens with one attached hydrogen (secondary N) is 1. The molecular formula is C20H30N6O. The number of H-pyrrole nitrogens is 1. The average molecular weight is 371 g/mol. The number of carbonyl (C=O) groups excluding carboxylic acids is 1. The molecule has 27 heavy (non-hydrogen) atoms. The minimum atomic E-state index is 0.0884. The lowest BCUT2D eigenvalue weighted by molar-refractivity contribution is 0.0696. The van der Waals surface area contributed by atoms with Gasteiger partial charge < -0.3 is 14.4 Å². The van der Waals surface area contributed by atoms with Crippen molar-refractivity contribution in [1.29, 1.82) is 0 Å². The van der Waals surface area contributed by atoms with Crippen LogP contribution in [0.25, 0.3) is 0 Å². The molecule has 1 saturated heterocycles. The number of piperidine rings is 1. The van der Waals surface area contributed by atoms with Gasteiger partial charge in [-0.2, -0.15) is 5.10 Å². The Balaban J connectivity index is 1.48. The van der Waals surface area contributed by atoms with Crippen molar-refractivity contribution in [2.24, 2.45) is 0 Å². The van der Waals surface area contributed by atoms with Gasteiger partial charge >= 0.3 is 0 Å². The zero-order valence-corrected chi connectivity index (χ0v) is 16.4. The molecule has 3 heterocycles. The van der Waals surface area contributed by atoms with Crippen LogP contribution < -0.4 is 0 Å².